The van der Waals surface area contributed by atoms with Crippen LogP contribution in [0.3, 0.4) is 0 Å². The van der Waals surface area contributed by atoms with E-state index in [0.717, 1.165) is 10.2 Å². The summed E-state index contributed by atoms with van der Waals surface area (Å²) in [6.45, 7) is -2.50. The van der Waals surface area contributed by atoms with E-state index in [9.17, 15) is 8.78 Å². The molecule has 0 heterocycles. The average molecular weight is 363 g/mol. The predicted octanol–water partition coefficient (Wildman–Crippen LogP) is 5.32. The third-order valence-corrected chi connectivity index (χ3v) is 3.27. The lowest BCUT2D eigenvalue weighted by atomic mass is 10.2. The van der Waals surface area contributed by atoms with Gasteiger partial charge in [0.15, 0.2) is 0 Å². The summed E-state index contributed by atoms with van der Waals surface area (Å²) in [7, 11) is 0. The molecule has 0 amide bonds. The maximum Gasteiger partial charge on any atom is 0.387 e. The van der Waals surface area contributed by atoms with E-state index in [4.69, 9.17) is 11.6 Å². The first-order valence-electron chi connectivity index (χ1n) is 5.77. The van der Waals surface area contributed by atoms with E-state index >= 15 is 0 Å². The molecule has 0 spiro atoms. The van der Waals surface area contributed by atoms with Gasteiger partial charge in [0.05, 0.1) is 0 Å². The molecule has 20 heavy (non-hydrogen) atoms. The average Bonchev–Trinajstić information content (AvgIpc) is 2.39. The second-order valence-corrected chi connectivity index (χ2v) is 5.35. The molecule has 0 fully saturated rings. The number of nitrogens with one attached hydrogen (secondary N) is 1. The van der Waals surface area contributed by atoms with Crippen LogP contribution in [0.15, 0.2) is 46.9 Å². The van der Waals surface area contributed by atoms with E-state index < -0.39 is 6.61 Å². The van der Waals surface area contributed by atoms with E-state index in [2.05, 4.69) is 26.0 Å². The number of hydrogen-bond acceptors (Lipinski definition) is 2. The van der Waals surface area contributed by atoms with Crippen molar-refractivity contribution in [2.45, 2.75) is 13.2 Å². The highest BCUT2D eigenvalue weighted by Crippen LogP contribution is 2.26. The van der Waals surface area contributed by atoms with Crippen LogP contribution in [0.5, 0.6) is 5.75 Å². The smallest absolute Gasteiger partial charge is 0.387 e. The monoisotopic (exact) mass is 361 g/mol. The molecular formula is C14H11BrClF2NO. The summed E-state index contributed by atoms with van der Waals surface area (Å²) in [4.78, 5) is 0. The van der Waals surface area contributed by atoms with Crippen molar-refractivity contribution >= 4 is 33.2 Å². The Kier molecular flexibility index (Phi) is 5.20. The van der Waals surface area contributed by atoms with Gasteiger partial charge in [-0.3, -0.25) is 0 Å². The number of halogens is 4. The molecule has 0 radical (unpaired) electrons. The quantitative estimate of drug-likeness (QED) is 0.777. The minimum Gasteiger partial charge on any atom is -0.434 e. The topological polar surface area (TPSA) is 21.3 Å². The zero-order valence-corrected chi connectivity index (χ0v) is 12.6. The molecule has 0 aromatic heterocycles. The van der Waals surface area contributed by atoms with Gasteiger partial charge in [0.1, 0.15) is 5.75 Å². The normalized spacial score (nSPS) is 10.7. The lowest BCUT2D eigenvalue weighted by Crippen LogP contribution is -2.07. The fourth-order valence-corrected chi connectivity index (χ4v) is 2.29. The van der Waals surface area contributed by atoms with E-state index in [1.807, 2.05) is 12.1 Å². The lowest BCUT2D eigenvalue weighted by Gasteiger charge is -2.13. The summed E-state index contributed by atoms with van der Waals surface area (Å²) in [5.41, 5.74) is 1.43. The van der Waals surface area contributed by atoms with Crippen molar-refractivity contribution < 1.29 is 13.5 Å². The van der Waals surface area contributed by atoms with Crippen molar-refractivity contribution in [2.24, 2.45) is 0 Å². The number of anilines is 1. The molecule has 0 aliphatic rings. The predicted molar refractivity (Wildman–Crippen MR) is 79.6 cm³/mol. The molecule has 0 saturated carbocycles. The van der Waals surface area contributed by atoms with Crippen LogP contribution < -0.4 is 10.1 Å². The highest BCUT2D eigenvalue weighted by atomic mass is 79.9. The summed E-state index contributed by atoms with van der Waals surface area (Å²) in [6.07, 6.45) is 0. The van der Waals surface area contributed by atoms with Gasteiger partial charge in [0, 0.05) is 27.3 Å². The zero-order chi connectivity index (χ0) is 14.5. The molecule has 0 bridgehead atoms. The lowest BCUT2D eigenvalue weighted by molar-refractivity contribution is -0.0504. The van der Waals surface area contributed by atoms with Crippen molar-refractivity contribution in [2.75, 3.05) is 5.32 Å². The summed E-state index contributed by atoms with van der Waals surface area (Å²) in [6, 6.07) is 12.1. The number of alkyl halides is 2. The maximum atomic E-state index is 12.3. The van der Waals surface area contributed by atoms with Crippen LogP contribution in [0.1, 0.15) is 5.56 Å². The summed E-state index contributed by atoms with van der Waals surface area (Å²) in [5, 5.41) is 3.72. The maximum absolute atomic E-state index is 12.3. The van der Waals surface area contributed by atoms with Crippen LogP contribution in [0.4, 0.5) is 14.5 Å². The summed E-state index contributed by atoms with van der Waals surface area (Å²) in [5.74, 6) is 0.151. The molecule has 2 rings (SSSR count). The van der Waals surface area contributed by atoms with Crippen LogP contribution in [0.25, 0.3) is 0 Å². The molecule has 0 saturated heterocycles. The van der Waals surface area contributed by atoms with Gasteiger partial charge in [-0.1, -0.05) is 33.6 Å². The Hall–Kier alpha value is -1.33. The Bertz CT molecular complexity index is 595. The number of ether oxygens (including phenoxy) is 1. The first-order valence-corrected chi connectivity index (χ1v) is 6.94. The van der Waals surface area contributed by atoms with Crippen molar-refractivity contribution in [3.05, 3.63) is 57.5 Å². The van der Waals surface area contributed by atoms with Crippen molar-refractivity contribution in [1.29, 1.82) is 0 Å². The van der Waals surface area contributed by atoms with Crippen LogP contribution in [0.2, 0.25) is 5.02 Å². The Balaban J connectivity index is 2.13. The second kappa shape index (κ2) is 6.90. The molecule has 0 unspecified atom stereocenters. The Morgan fingerprint density at radius 2 is 2.00 bits per heavy atom. The first-order chi connectivity index (χ1) is 9.54. The van der Waals surface area contributed by atoms with Gasteiger partial charge in [-0.15, -0.1) is 0 Å². The second-order valence-electron chi connectivity index (χ2n) is 3.99. The molecule has 0 aliphatic heterocycles. The molecular weight excluding hydrogens is 352 g/mol. The largest absolute Gasteiger partial charge is 0.434 e. The summed E-state index contributed by atoms with van der Waals surface area (Å²) >= 11 is 9.19. The standard InChI is InChI=1S/C14H11BrClF2NO/c15-10-4-5-13(20-14(17)18)9(6-10)8-19-12-3-1-2-11(16)7-12/h1-7,14,19H,8H2. The van der Waals surface area contributed by atoms with E-state index in [1.54, 1.807) is 24.3 Å². The molecule has 6 heteroatoms. The minimum atomic E-state index is -2.85. The van der Waals surface area contributed by atoms with Crippen LogP contribution in [0, 0.1) is 0 Å². The molecule has 2 aromatic carbocycles. The fraction of sp³-hybridized carbons (Fsp3) is 0.143. The fourth-order valence-electron chi connectivity index (χ4n) is 1.69. The van der Waals surface area contributed by atoms with Crippen molar-refractivity contribution in [3.63, 3.8) is 0 Å². The third-order valence-electron chi connectivity index (χ3n) is 2.55. The van der Waals surface area contributed by atoms with E-state index in [0.29, 0.717) is 17.1 Å². The molecule has 2 aromatic rings. The Morgan fingerprint density at radius 1 is 1.20 bits per heavy atom. The number of benzene rings is 2. The van der Waals surface area contributed by atoms with E-state index in [-0.39, 0.29) is 5.75 Å². The highest BCUT2D eigenvalue weighted by molar-refractivity contribution is 9.10. The minimum absolute atomic E-state index is 0.151. The van der Waals surface area contributed by atoms with Gasteiger partial charge in [-0.2, -0.15) is 8.78 Å². The third kappa shape index (κ3) is 4.35. The Labute approximate surface area is 128 Å². The molecule has 106 valence electrons. The SMILES string of the molecule is FC(F)Oc1ccc(Br)cc1CNc1cccc(Cl)c1. The summed E-state index contributed by atoms with van der Waals surface area (Å²) < 4.78 is 30.0. The number of rotatable bonds is 5. The van der Waals surface area contributed by atoms with Gasteiger partial charge in [-0.05, 0) is 36.4 Å². The van der Waals surface area contributed by atoms with E-state index in [1.165, 1.54) is 6.07 Å². The van der Waals surface area contributed by atoms with Gasteiger partial charge in [-0.25, -0.2) is 0 Å². The highest BCUT2D eigenvalue weighted by Gasteiger charge is 2.10. The van der Waals surface area contributed by atoms with Crippen LogP contribution >= 0.6 is 27.5 Å². The van der Waals surface area contributed by atoms with Crippen LogP contribution in [-0.2, 0) is 6.54 Å². The molecule has 0 atom stereocenters. The van der Waals surface area contributed by atoms with Gasteiger partial charge < -0.3 is 10.1 Å². The Morgan fingerprint density at radius 3 is 2.70 bits per heavy atom. The van der Waals surface area contributed by atoms with Gasteiger partial charge in [0.25, 0.3) is 0 Å². The van der Waals surface area contributed by atoms with Crippen molar-refractivity contribution in [3.8, 4) is 5.75 Å². The molecule has 1 N–H and O–H groups in total. The van der Waals surface area contributed by atoms with Gasteiger partial charge >= 0.3 is 6.61 Å². The first kappa shape index (κ1) is 15.1. The van der Waals surface area contributed by atoms with Crippen molar-refractivity contribution in [1.82, 2.24) is 0 Å². The molecule has 2 nitrogen and oxygen atoms in total. The van der Waals surface area contributed by atoms with Crippen LogP contribution in [-0.4, -0.2) is 6.61 Å². The number of hydrogen-bond donors (Lipinski definition) is 1. The van der Waals surface area contributed by atoms with Gasteiger partial charge in [0.2, 0.25) is 0 Å². The molecule has 0 aliphatic carbocycles. The zero-order valence-electron chi connectivity index (χ0n) is 10.2.